The smallest absolute Gasteiger partial charge is 0.342 e. The molecule has 1 heterocycles. The van der Waals surface area contributed by atoms with Crippen molar-refractivity contribution in [2.75, 3.05) is 11.8 Å². The average molecular weight is 425 g/mol. The number of sulfonamides is 1. The number of esters is 1. The van der Waals surface area contributed by atoms with Gasteiger partial charge in [-0.15, -0.1) is 0 Å². The number of imidazole rings is 1. The Hall–Kier alpha value is -3.72. The van der Waals surface area contributed by atoms with E-state index in [1.807, 2.05) is 24.3 Å². The summed E-state index contributed by atoms with van der Waals surface area (Å²) in [6.45, 7) is 0. The van der Waals surface area contributed by atoms with Gasteiger partial charge in [-0.2, -0.15) is 0 Å². The monoisotopic (exact) mass is 425 g/mol. The molecule has 0 saturated carbocycles. The van der Waals surface area contributed by atoms with Crippen LogP contribution in [0.2, 0.25) is 0 Å². The normalized spacial score (nSPS) is 11.4. The lowest BCUT2D eigenvalue weighted by Crippen LogP contribution is -2.19. The molecule has 0 radical (unpaired) electrons. The minimum atomic E-state index is -4.31. The van der Waals surface area contributed by atoms with Gasteiger partial charge in [0.25, 0.3) is 10.0 Å². The predicted molar refractivity (Wildman–Crippen MR) is 110 cm³/mol. The summed E-state index contributed by atoms with van der Waals surface area (Å²) in [5.74, 6) is -1.61. The summed E-state index contributed by atoms with van der Waals surface area (Å²) in [7, 11) is -3.26. The zero-order chi connectivity index (χ0) is 21.3. The first kappa shape index (κ1) is 19.6. The molecule has 0 aliphatic rings. The number of carbonyl (C=O) groups excluding carboxylic acids is 1. The molecular formula is C21H16FN3O4S. The summed E-state index contributed by atoms with van der Waals surface area (Å²) in [6.07, 6.45) is 0. The molecule has 0 aliphatic carbocycles. The third kappa shape index (κ3) is 3.50. The van der Waals surface area contributed by atoms with Crippen molar-refractivity contribution in [3.8, 4) is 11.4 Å². The zero-order valence-electron chi connectivity index (χ0n) is 15.7. The maximum absolute atomic E-state index is 14.2. The maximum atomic E-state index is 14.2. The van der Waals surface area contributed by atoms with Crippen LogP contribution in [0.1, 0.15) is 10.4 Å². The zero-order valence-corrected chi connectivity index (χ0v) is 16.5. The Kier molecular flexibility index (Phi) is 4.96. The highest BCUT2D eigenvalue weighted by atomic mass is 32.2. The van der Waals surface area contributed by atoms with E-state index in [-0.39, 0.29) is 5.69 Å². The summed E-state index contributed by atoms with van der Waals surface area (Å²) in [4.78, 5) is 19.1. The van der Waals surface area contributed by atoms with Gasteiger partial charge in [0.1, 0.15) is 22.1 Å². The van der Waals surface area contributed by atoms with E-state index in [1.54, 1.807) is 24.3 Å². The number of nitrogens with zero attached hydrogens (tertiary/aromatic N) is 1. The van der Waals surface area contributed by atoms with Gasteiger partial charge in [0.15, 0.2) is 0 Å². The van der Waals surface area contributed by atoms with Gasteiger partial charge < -0.3 is 9.72 Å². The highest BCUT2D eigenvalue weighted by Gasteiger charge is 2.27. The van der Waals surface area contributed by atoms with E-state index >= 15 is 0 Å². The predicted octanol–water partition coefficient (Wildman–Crippen LogP) is 3.96. The van der Waals surface area contributed by atoms with Crippen LogP contribution < -0.4 is 4.72 Å². The number of carbonyl (C=O) groups is 1. The molecule has 0 spiro atoms. The van der Waals surface area contributed by atoms with E-state index in [9.17, 15) is 17.6 Å². The van der Waals surface area contributed by atoms with Gasteiger partial charge in [-0.05, 0) is 36.4 Å². The fourth-order valence-corrected chi connectivity index (χ4v) is 4.37. The lowest BCUT2D eigenvalue weighted by molar-refractivity contribution is 0.0590. The molecule has 9 heteroatoms. The van der Waals surface area contributed by atoms with Gasteiger partial charge in [-0.3, -0.25) is 4.72 Å². The third-order valence-corrected chi connectivity index (χ3v) is 5.88. The quantitative estimate of drug-likeness (QED) is 0.472. The lowest BCUT2D eigenvalue weighted by Gasteiger charge is -2.14. The standard InChI is InChI=1S/C21H16FN3O4S/c1-29-21(26)19-14(22)8-6-12-18(19)30(27,28)25-15-9-3-2-7-13(15)20-23-16-10-4-5-11-17(16)24-20/h2-12,25H,1H3,(H,23,24). The number of rotatable bonds is 5. The molecule has 1 aromatic heterocycles. The summed E-state index contributed by atoms with van der Waals surface area (Å²) in [6, 6.07) is 17.4. The topological polar surface area (TPSA) is 101 Å². The van der Waals surface area contributed by atoms with Crippen molar-refractivity contribution >= 4 is 32.7 Å². The molecule has 2 N–H and O–H groups in total. The fourth-order valence-electron chi connectivity index (χ4n) is 3.09. The Morgan fingerprint density at radius 1 is 1.03 bits per heavy atom. The molecular weight excluding hydrogens is 409 g/mol. The van der Waals surface area contributed by atoms with E-state index in [1.165, 1.54) is 6.07 Å². The van der Waals surface area contributed by atoms with E-state index < -0.39 is 32.3 Å². The van der Waals surface area contributed by atoms with Gasteiger partial charge in [0, 0.05) is 5.56 Å². The minimum absolute atomic E-state index is 0.219. The molecule has 0 amide bonds. The SMILES string of the molecule is COC(=O)c1c(F)cccc1S(=O)(=O)Nc1ccccc1-c1nc2ccccc2[nH]1. The third-order valence-electron chi connectivity index (χ3n) is 4.47. The molecule has 7 nitrogen and oxygen atoms in total. The number of aromatic amines is 1. The van der Waals surface area contributed by atoms with Crippen LogP contribution in [0.25, 0.3) is 22.4 Å². The molecule has 30 heavy (non-hydrogen) atoms. The van der Waals surface area contributed by atoms with Crippen molar-refractivity contribution in [3.05, 3.63) is 78.1 Å². The summed E-state index contributed by atoms with van der Waals surface area (Å²) in [5, 5.41) is 0. The van der Waals surface area contributed by atoms with E-state index in [4.69, 9.17) is 0 Å². The first-order valence-corrected chi connectivity index (χ1v) is 10.3. The van der Waals surface area contributed by atoms with Crippen LogP contribution in [-0.2, 0) is 14.8 Å². The molecule has 0 unspecified atom stereocenters. The van der Waals surface area contributed by atoms with Gasteiger partial charge in [-0.1, -0.05) is 30.3 Å². The largest absolute Gasteiger partial charge is 0.465 e. The van der Waals surface area contributed by atoms with Crippen molar-refractivity contribution in [1.29, 1.82) is 0 Å². The van der Waals surface area contributed by atoms with E-state index in [2.05, 4.69) is 19.4 Å². The van der Waals surface area contributed by atoms with Gasteiger partial charge in [0.05, 0.1) is 23.8 Å². The molecule has 3 aromatic carbocycles. The van der Waals surface area contributed by atoms with Gasteiger partial charge in [0.2, 0.25) is 0 Å². The molecule has 0 fully saturated rings. The number of fused-ring (bicyclic) bond motifs is 1. The summed E-state index contributed by atoms with van der Waals surface area (Å²) < 4.78 is 47.3. The Bertz CT molecular complexity index is 1330. The second-order valence-electron chi connectivity index (χ2n) is 6.36. The maximum Gasteiger partial charge on any atom is 0.342 e. The molecule has 0 bridgehead atoms. The number of aromatic nitrogens is 2. The lowest BCUT2D eigenvalue weighted by atomic mass is 10.2. The number of nitrogens with one attached hydrogen (secondary N) is 2. The molecule has 0 aliphatic heterocycles. The number of benzene rings is 3. The second-order valence-corrected chi connectivity index (χ2v) is 8.01. The Labute approximate surface area is 171 Å². The van der Waals surface area contributed by atoms with Crippen LogP contribution in [0.4, 0.5) is 10.1 Å². The van der Waals surface area contributed by atoms with Crippen molar-refractivity contribution in [1.82, 2.24) is 9.97 Å². The molecule has 0 saturated heterocycles. The van der Waals surface area contributed by atoms with Crippen molar-refractivity contribution in [2.45, 2.75) is 4.90 Å². The number of ether oxygens (including phenoxy) is 1. The molecule has 4 rings (SSSR count). The van der Waals surface area contributed by atoms with Crippen LogP contribution in [0.5, 0.6) is 0 Å². The first-order valence-electron chi connectivity index (χ1n) is 8.84. The number of para-hydroxylation sites is 3. The molecule has 0 atom stereocenters. The van der Waals surface area contributed by atoms with Crippen LogP contribution in [0.3, 0.4) is 0 Å². The number of hydrogen-bond donors (Lipinski definition) is 2. The minimum Gasteiger partial charge on any atom is -0.465 e. The van der Waals surface area contributed by atoms with E-state index in [0.29, 0.717) is 11.4 Å². The molecule has 152 valence electrons. The van der Waals surface area contributed by atoms with Crippen molar-refractivity contribution in [2.24, 2.45) is 0 Å². The number of methoxy groups -OCH3 is 1. The Morgan fingerprint density at radius 2 is 1.77 bits per heavy atom. The summed E-state index contributed by atoms with van der Waals surface area (Å²) in [5.41, 5.74) is 1.57. The van der Waals surface area contributed by atoms with Crippen LogP contribution >= 0.6 is 0 Å². The average Bonchev–Trinajstić information content (AvgIpc) is 3.17. The van der Waals surface area contributed by atoms with Crippen molar-refractivity contribution < 1.29 is 22.3 Å². The van der Waals surface area contributed by atoms with Crippen molar-refractivity contribution in [3.63, 3.8) is 0 Å². The fraction of sp³-hybridized carbons (Fsp3) is 0.0476. The highest BCUT2D eigenvalue weighted by Crippen LogP contribution is 2.30. The number of anilines is 1. The number of halogens is 1. The van der Waals surface area contributed by atoms with Gasteiger partial charge >= 0.3 is 5.97 Å². The van der Waals surface area contributed by atoms with Crippen LogP contribution in [0.15, 0.2) is 71.6 Å². The summed E-state index contributed by atoms with van der Waals surface area (Å²) >= 11 is 0. The second kappa shape index (κ2) is 7.60. The van der Waals surface area contributed by atoms with Crippen LogP contribution in [0, 0.1) is 5.82 Å². The number of H-pyrrole nitrogens is 1. The Morgan fingerprint density at radius 3 is 2.53 bits per heavy atom. The van der Waals surface area contributed by atoms with Crippen LogP contribution in [-0.4, -0.2) is 31.5 Å². The molecule has 4 aromatic rings. The van der Waals surface area contributed by atoms with Gasteiger partial charge in [-0.25, -0.2) is 22.6 Å². The van der Waals surface area contributed by atoms with E-state index in [0.717, 1.165) is 30.3 Å². The first-order chi connectivity index (χ1) is 14.4. The Balaban J connectivity index is 1.79. The highest BCUT2D eigenvalue weighted by molar-refractivity contribution is 7.92. The number of hydrogen-bond acceptors (Lipinski definition) is 5.